The van der Waals surface area contributed by atoms with Crippen molar-refractivity contribution in [2.45, 2.75) is 39.5 Å². The number of aliphatic hydroxyl groups is 1. The average Bonchev–Trinajstić information content (AvgIpc) is 2.87. The van der Waals surface area contributed by atoms with Crippen LogP contribution in [-0.2, 0) is 48.3 Å². The molecule has 0 spiro atoms. The first-order chi connectivity index (χ1) is 18.3. The van der Waals surface area contributed by atoms with Gasteiger partial charge in [0.25, 0.3) is 0 Å². The minimum Gasteiger partial charge on any atom is -0.394 e. The van der Waals surface area contributed by atoms with Crippen LogP contribution in [-0.4, -0.2) is 135 Å². The third-order valence-electron chi connectivity index (χ3n) is 4.74. The van der Waals surface area contributed by atoms with Crippen LogP contribution in [0.1, 0.15) is 39.5 Å². The zero-order valence-electron chi connectivity index (χ0n) is 23.3. The fraction of sp³-hybridized carbons (Fsp3) is 1.00. The topological polar surface area (TPSA) is 169 Å². The quantitative estimate of drug-likeness (QED) is 0.0864. The third kappa shape index (κ3) is 42.6. The molecule has 0 rings (SSSR count). The maximum atomic E-state index is 8.74. The van der Waals surface area contributed by atoms with Crippen molar-refractivity contribution < 1.29 is 60.5 Å². The molecule has 0 aromatic carbocycles. The van der Waals surface area contributed by atoms with E-state index in [1.54, 1.807) is 0 Å². The highest BCUT2D eigenvalue weighted by Gasteiger charge is 2.05. The molecule has 1 unspecified atom stereocenters. The SMILES string of the molecule is CCCCC(CC)COCCOCCOCCOCCOCCOCCOCCOCCO.O=S(=O)(O)O. The van der Waals surface area contributed by atoms with Gasteiger partial charge in [-0.2, -0.15) is 8.42 Å². The van der Waals surface area contributed by atoms with E-state index in [1.165, 1.54) is 25.7 Å². The second-order valence-electron chi connectivity index (χ2n) is 7.95. The molecule has 38 heavy (non-hydrogen) atoms. The lowest BCUT2D eigenvalue weighted by Gasteiger charge is -2.14. The number of hydrogen-bond acceptors (Lipinski definition) is 11. The summed E-state index contributed by atoms with van der Waals surface area (Å²) in [5, 5.41) is 8.55. The molecule has 0 heterocycles. The van der Waals surface area contributed by atoms with Crippen molar-refractivity contribution in [1.29, 1.82) is 0 Å². The fourth-order valence-corrected chi connectivity index (χ4v) is 2.75. The fourth-order valence-electron chi connectivity index (χ4n) is 2.75. The van der Waals surface area contributed by atoms with E-state index in [0.29, 0.717) is 105 Å². The van der Waals surface area contributed by atoms with E-state index in [2.05, 4.69) is 13.8 Å². The van der Waals surface area contributed by atoms with E-state index in [1.807, 2.05) is 0 Å². The van der Waals surface area contributed by atoms with Gasteiger partial charge in [0.05, 0.1) is 106 Å². The molecular weight excluding hydrogens is 528 g/mol. The van der Waals surface area contributed by atoms with Crippen molar-refractivity contribution >= 4 is 10.4 Å². The highest BCUT2D eigenvalue weighted by Crippen LogP contribution is 2.12. The molecule has 232 valence electrons. The van der Waals surface area contributed by atoms with Gasteiger partial charge in [0.1, 0.15) is 0 Å². The molecular formula is C24H52O13S. The molecule has 0 bridgehead atoms. The Labute approximate surface area is 228 Å². The van der Waals surface area contributed by atoms with Gasteiger partial charge < -0.3 is 43.0 Å². The molecule has 14 heteroatoms. The number of rotatable bonds is 29. The van der Waals surface area contributed by atoms with Crippen LogP contribution in [0, 0.1) is 5.92 Å². The Kier molecular flexibility index (Phi) is 34.1. The summed E-state index contributed by atoms with van der Waals surface area (Å²) in [6.45, 7) is 13.3. The van der Waals surface area contributed by atoms with Crippen molar-refractivity contribution in [2.24, 2.45) is 5.92 Å². The van der Waals surface area contributed by atoms with Gasteiger partial charge in [0, 0.05) is 6.61 Å². The monoisotopic (exact) mass is 580 g/mol. The van der Waals surface area contributed by atoms with Crippen molar-refractivity contribution in [1.82, 2.24) is 0 Å². The van der Waals surface area contributed by atoms with E-state index in [-0.39, 0.29) is 6.61 Å². The summed E-state index contributed by atoms with van der Waals surface area (Å²) >= 11 is 0. The molecule has 0 saturated heterocycles. The smallest absolute Gasteiger partial charge is 0.394 e. The van der Waals surface area contributed by atoms with Crippen LogP contribution in [0.4, 0.5) is 0 Å². The first-order valence-electron chi connectivity index (χ1n) is 13.3. The van der Waals surface area contributed by atoms with Crippen molar-refractivity contribution in [3.63, 3.8) is 0 Å². The standard InChI is InChI=1S/C24H50O9.H2O4S/c1-3-5-6-24(4-2)23-33-22-21-32-20-19-31-18-17-30-16-15-29-14-13-28-12-11-27-10-9-26-8-7-25;1-5(2,3)4/h24-25H,3-23H2,1-2H3;(H2,1,2,3,4). The summed E-state index contributed by atoms with van der Waals surface area (Å²) < 4.78 is 75.0. The van der Waals surface area contributed by atoms with E-state index >= 15 is 0 Å². The Morgan fingerprint density at radius 2 is 0.842 bits per heavy atom. The predicted molar refractivity (Wildman–Crippen MR) is 141 cm³/mol. The van der Waals surface area contributed by atoms with Gasteiger partial charge in [-0.1, -0.05) is 33.1 Å². The van der Waals surface area contributed by atoms with E-state index < -0.39 is 10.4 Å². The third-order valence-corrected chi connectivity index (χ3v) is 4.74. The molecule has 0 aromatic heterocycles. The zero-order chi connectivity index (χ0) is 28.6. The lowest BCUT2D eigenvalue weighted by Crippen LogP contribution is -2.15. The summed E-state index contributed by atoms with van der Waals surface area (Å²) in [7, 11) is -4.67. The maximum Gasteiger partial charge on any atom is 0.394 e. The molecule has 0 amide bonds. The van der Waals surface area contributed by atoms with Gasteiger partial charge in [-0.05, 0) is 12.3 Å². The highest BCUT2D eigenvalue weighted by molar-refractivity contribution is 7.79. The van der Waals surface area contributed by atoms with Crippen molar-refractivity contribution in [3.8, 4) is 0 Å². The van der Waals surface area contributed by atoms with Crippen LogP contribution >= 0.6 is 0 Å². The zero-order valence-corrected chi connectivity index (χ0v) is 24.1. The molecule has 13 nitrogen and oxygen atoms in total. The first kappa shape index (κ1) is 39.7. The summed E-state index contributed by atoms with van der Waals surface area (Å²) in [5.41, 5.74) is 0. The van der Waals surface area contributed by atoms with Crippen LogP contribution in [0.15, 0.2) is 0 Å². The maximum absolute atomic E-state index is 8.74. The molecule has 3 N–H and O–H groups in total. The van der Waals surface area contributed by atoms with E-state index in [4.69, 9.17) is 60.5 Å². The van der Waals surface area contributed by atoms with Crippen LogP contribution < -0.4 is 0 Å². The summed E-state index contributed by atoms with van der Waals surface area (Å²) in [4.78, 5) is 0. The van der Waals surface area contributed by atoms with Gasteiger partial charge in [-0.3, -0.25) is 9.11 Å². The van der Waals surface area contributed by atoms with Gasteiger partial charge in [0.2, 0.25) is 0 Å². The van der Waals surface area contributed by atoms with Gasteiger partial charge in [0.15, 0.2) is 0 Å². The van der Waals surface area contributed by atoms with Crippen LogP contribution in [0.25, 0.3) is 0 Å². The Morgan fingerprint density at radius 3 is 1.11 bits per heavy atom. The summed E-state index contributed by atoms with van der Waals surface area (Å²) in [6.07, 6.45) is 4.96. The lowest BCUT2D eigenvalue weighted by atomic mass is 10.0. The van der Waals surface area contributed by atoms with Gasteiger partial charge >= 0.3 is 10.4 Å². The molecule has 0 radical (unpaired) electrons. The first-order valence-corrected chi connectivity index (χ1v) is 14.7. The van der Waals surface area contributed by atoms with Crippen molar-refractivity contribution in [3.05, 3.63) is 0 Å². The average molecular weight is 581 g/mol. The Bertz CT molecular complexity index is 529. The minimum absolute atomic E-state index is 0.0346. The molecule has 0 aliphatic heterocycles. The molecule has 0 aliphatic rings. The summed E-state index contributed by atoms with van der Waals surface area (Å²) in [5.74, 6) is 0.673. The predicted octanol–water partition coefficient (Wildman–Crippen LogP) is 1.68. The van der Waals surface area contributed by atoms with E-state index in [0.717, 1.165) is 6.61 Å². The normalized spacial score (nSPS) is 12.3. The number of aliphatic hydroxyl groups excluding tert-OH is 1. The van der Waals surface area contributed by atoms with E-state index in [9.17, 15) is 0 Å². The molecule has 0 aromatic rings. The van der Waals surface area contributed by atoms with Crippen LogP contribution in [0.3, 0.4) is 0 Å². The second kappa shape index (κ2) is 32.7. The second-order valence-corrected chi connectivity index (χ2v) is 8.85. The number of unbranched alkanes of at least 4 members (excludes halogenated alkanes) is 1. The van der Waals surface area contributed by atoms with Gasteiger partial charge in [-0.25, -0.2) is 0 Å². The molecule has 0 aliphatic carbocycles. The Morgan fingerprint density at radius 1 is 0.553 bits per heavy atom. The van der Waals surface area contributed by atoms with Gasteiger partial charge in [-0.15, -0.1) is 0 Å². The number of ether oxygens (including phenoxy) is 8. The molecule has 0 fully saturated rings. The lowest BCUT2D eigenvalue weighted by molar-refractivity contribution is -0.0247. The number of hydrogen-bond donors (Lipinski definition) is 3. The Balaban J connectivity index is 0. The molecule has 1 atom stereocenters. The summed E-state index contributed by atoms with van der Waals surface area (Å²) in [6, 6.07) is 0. The van der Waals surface area contributed by atoms with Crippen molar-refractivity contribution in [2.75, 3.05) is 112 Å². The van der Waals surface area contributed by atoms with Crippen LogP contribution in [0.2, 0.25) is 0 Å². The minimum atomic E-state index is -4.67. The Hall–Kier alpha value is -0.490. The van der Waals surface area contributed by atoms with Crippen LogP contribution in [0.5, 0.6) is 0 Å². The molecule has 0 saturated carbocycles. The largest absolute Gasteiger partial charge is 0.394 e. The highest BCUT2D eigenvalue weighted by atomic mass is 32.3.